The van der Waals surface area contributed by atoms with Crippen LogP contribution in [-0.2, 0) is 4.79 Å². The number of carbonyl (C=O) groups is 1. The minimum atomic E-state index is -4.61. The van der Waals surface area contributed by atoms with E-state index in [1.165, 1.54) is 6.20 Å². The van der Waals surface area contributed by atoms with E-state index in [9.17, 15) is 18.0 Å². The average molecular weight is 271 g/mol. The molecule has 0 saturated carbocycles. The molecule has 0 aliphatic rings. The van der Waals surface area contributed by atoms with Gasteiger partial charge in [-0.1, -0.05) is 25.1 Å². The Kier molecular flexibility index (Phi) is 3.26. The highest BCUT2D eigenvalue weighted by Gasteiger charge is 2.47. The quantitative estimate of drug-likeness (QED) is 0.897. The van der Waals surface area contributed by atoms with Gasteiger partial charge >= 0.3 is 12.1 Å². The number of fused-ring (bicyclic) bond motifs is 1. The summed E-state index contributed by atoms with van der Waals surface area (Å²) >= 11 is 0. The summed E-state index contributed by atoms with van der Waals surface area (Å²) in [5, 5.41) is 9.28. The first-order chi connectivity index (χ1) is 8.82. The predicted octanol–water partition coefficient (Wildman–Crippen LogP) is 3.53. The Morgan fingerprint density at radius 2 is 1.95 bits per heavy atom. The highest BCUT2D eigenvalue weighted by molar-refractivity contribution is 5.84. The number of aliphatic carboxylic acids is 1. The van der Waals surface area contributed by atoms with Crippen LogP contribution in [0.1, 0.15) is 18.4 Å². The number of rotatable bonds is 3. The molecular formula is C13H12F3NO2. The van der Waals surface area contributed by atoms with Crippen molar-refractivity contribution >= 4 is 16.9 Å². The van der Waals surface area contributed by atoms with E-state index in [0.29, 0.717) is 10.9 Å². The normalized spacial score (nSPS) is 15.4. The molecule has 0 aliphatic heterocycles. The molecule has 2 N–H and O–H groups in total. The Labute approximate surface area is 107 Å². The van der Waals surface area contributed by atoms with Crippen molar-refractivity contribution in [3.63, 3.8) is 0 Å². The summed E-state index contributed by atoms with van der Waals surface area (Å²) in [7, 11) is 0. The van der Waals surface area contributed by atoms with Crippen LogP contribution in [0, 0.1) is 5.92 Å². The lowest BCUT2D eigenvalue weighted by atomic mass is 9.86. The van der Waals surface area contributed by atoms with E-state index < -0.39 is 24.0 Å². The molecule has 0 bridgehead atoms. The van der Waals surface area contributed by atoms with E-state index in [1.54, 1.807) is 24.3 Å². The smallest absolute Gasteiger partial charge is 0.396 e. The van der Waals surface area contributed by atoms with Crippen LogP contribution in [0.3, 0.4) is 0 Å². The molecule has 19 heavy (non-hydrogen) atoms. The summed E-state index contributed by atoms with van der Waals surface area (Å²) in [6, 6.07) is 6.52. The van der Waals surface area contributed by atoms with Crippen molar-refractivity contribution < 1.29 is 23.1 Å². The fourth-order valence-electron chi connectivity index (χ4n) is 2.22. The number of H-pyrrole nitrogens is 1. The third kappa shape index (κ3) is 2.43. The van der Waals surface area contributed by atoms with E-state index in [1.807, 2.05) is 0 Å². The maximum atomic E-state index is 13.1. The van der Waals surface area contributed by atoms with E-state index >= 15 is 0 Å². The number of hydrogen-bond donors (Lipinski definition) is 2. The van der Waals surface area contributed by atoms with Crippen LogP contribution < -0.4 is 0 Å². The molecule has 2 atom stereocenters. The fraction of sp³-hybridized carbons (Fsp3) is 0.308. The third-order valence-corrected chi connectivity index (χ3v) is 3.20. The number of aromatic amines is 1. The minimum Gasteiger partial charge on any atom is -0.481 e. The van der Waals surface area contributed by atoms with Crippen LogP contribution in [-0.4, -0.2) is 22.2 Å². The van der Waals surface area contributed by atoms with Crippen LogP contribution in [0.5, 0.6) is 0 Å². The summed E-state index contributed by atoms with van der Waals surface area (Å²) in [6.45, 7) is 1.07. The lowest BCUT2D eigenvalue weighted by molar-refractivity contribution is -0.173. The largest absolute Gasteiger partial charge is 0.481 e. The van der Waals surface area contributed by atoms with Crippen molar-refractivity contribution in [1.82, 2.24) is 4.98 Å². The first-order valence-electron chi connectivity index (χ1n) is 5.68. The van der Waals surface area contributed by atoms with Crippen LogP contribution >= 0.6 is 0 Å². The lowest BCUT2D eigenvalue weighted by Crippen LogP contribution is -2.31. The van der Waals surface area contributed by atoms with Crippen LogP contribution in [0.4, 0.5) is 13.2 Å². The maximum Gasteiger partial charge on any atom is 0.396 e. The third-order valence-electron chi connectivity index (χ3n) is 3.20. The zero-order valence-corrected chi connectivity index (χ0v) is 10.0. The van der Waals surface area contributed by atoms with Gasteiger partial charge in [-0.2, -0.15) is 13.2 Å². The zero-order valence-electron chi connectivity index (χ0n) is 10.0. The van der Waals surface area contributed by atoms with Gasteiger partial charge in [0.05, 0.1) is 11.8 Å². The highest BCUT2D eigenvalue weighted by atomic mass is 19.4. The summed E-state index contributed by atoms with van der Waals surface area (Å²) in [4.78, 5) is 13.7. The topological polar surface area (TPSA) is 53.1 Å². The van der Waals surface area contributed by atoms with E-state index in [4.69, 9.17) is 5.11 Å². The summed E-state index contributed by atoms with van der Waals surface area (Å²) in [5.41, 5.74) is 0.530. The number of benzene rings is 1. The van der Waals surface area contributed by atoms with E-state index in [0.717, 1.165) is 6.92 Å². The summed E-state index contributed by atoms with van der Waals surface area (Å²) < 4.78 is 39.4. The molecule has 0 aliphatic carbocycles. The maximum absolute atomic E-state index is 13.1. The van der Waals surface area contributed by atoms with Gasteiger partial charge in [-0.25, -0.2) is 0 Å². The van der Waals surface area contributed by atoms with Crippen molar-refractivity contribution in [2.75, 3.05) is 0 Å². The van der Waals surface area contributed by atoms with Gasteiger partial charge in [0.1, 0.15) is 0 Å². The molecule has 6 heteroatoms. The Morgan fingerprint density at radius 1 is 1.32 bits per heavy atom. The van der Waals surface area contributed by atoms with Gasteiger partial charge < -0.3 is 10.1 Å². The second-order valence-corrected chi connectivity index (χ2v) is 4.44. The van der Waals surface area contributed by atoms with E-state index in [2.05, 4.69) is 4.98 Å². The van der Waals surface area contributed by atoms with Gasteiger partial charge in [-0.05, 0) is 11.6 Å². The monoisotopic (exact) mass is 271 g/mol. The van der Waals surface area contributed by atoms with Crippen molar-refractivity contribution in [2.24, 2.45) is 5.92 Å². The fourth-order valence-corrected chi connectivity index (χ4v) is 2.22. The molecular weight excluding hydrogens is 259 g/mol. The number of carboxylic acid groups (broad SMARTS) is 1. The Bertz CT molecular complexity index is 603. The molecule has 3 nitrogen and oxygen atoms in total. The van der Waals surface area contributed by atoms with Gasteiger partial charge in [0, 0.05) is 17.1 Å². The SMILES string of the molecule is C[C@H](C(=O)O)[C@H](c1c[nH]c2ccccc12)C(F)(F)F. The average Bonchev–Trinajstić information content (AvgIpc) is 2.71. The number of carboxylic acids is 1. The number of para-hydroxylation sites is 1. The molecule has 0 fully saturated rings. The predicted molar refractivity (Wildman–Crippen MR) is 63.9 cm³/mol. The van der Waals surface area contributed by atoms with E-state index in [-0.39, 0.29) is 5.56 Å². The number of halogens is 3. The Balaban J connectivity index is 2.58. The summed E-state index contributed by atoms with van der Waals surface area (Å²) in [5.74, 6) is -5.03. The molecule has 0 radical (unpaired) electrons. The van der Waals surface area contributed by atoms with Gasteiger partial charge in [-0.3, -0.25) is 4.79 Å². The molecule has 1 aromatic carbocycles. The van der Waals surface area contributed by atoms with Gasteiger partial charge in [0.2, 0.25) is 0 Å². The molecule has 2 aromatic rings. The standard InChI is InChI=1S/C13H12F3NO2/c1-7(12(18)19)11(13(14,15)16)9-6-17-10-5-3-2-4-8(9)10/h2-7,11,17H,1H3,(H,18,19)/t7-,11+/m0/s1. The van der Waals surface area contributed by atoms with Crippen LogP contribution in [0.15, 0.2) is 30.5 Å². The van der Waals surface area contributed by atoms with Crippen molar-refractivity contribution in [3.8, 4) is 0 Å². The van der Waals surface area contributed by atoms with Gasteiger partial charge in [0.15, 0.2) is 0 Å². The molecule has 102 valence electrons. The second-order valence-electron chi connectivity index (χ2n) is 4.44. The van der Waals surface area contributed by atoms with Crippen LogP contribution in [0.25, 0.3) is 10.9 Å². The molecule has 0 saturated heterocycles. The molecule has 0 unspecified atom stereocenters. The van der Waals surface area contributed by atoms with Gasteiger partial charge in [0.25, 0.3) is 0 Å². The minimum absolute atomic E-state index is 0.0296. The zero-order chi connectivity index (χ0) is 14.2. The Morgan fingerprint density at radius 3 is 2.53 bits per heavy atom. The first kappa shape index (κ1) is 13.5. The molecule has 0 amide bonds. The Hall–Kier alpha value is -1.98. The van der Waals surface area contributed by atoms with Crippen LogP contribution in [0.2, 0.25) is 0 Å². The number of aromatic nitrogens is 1. The molecule has 2 rings (SSSR count). The second kappa shape index (κ2) is 4.60. The number of hydrogen-bond acceptors (Lipinski definition) is 1. The van der Waals surface area contributed by atoms with Crippen molar-refractivity contribution in [3.05, 3.63) is 36.0 Å². The molecule has 1 heterocycles. The first-order valence-corrected chi connectivity index (χ1v) is 5.68. The van der Waals surface area contributed by atoms with Crippen molar-refractivity contribution in [2.45, 2.75) is 19.0 Å². The highest BCUT2D eigenvalue weighted by Crippen LogP contribution is 2.43. The molecule has 0 spiro atoms. The van der Waals surface area contributed by atoms with Gasteiger partial charge in [-0.15, -0.1) is 0 Å². The lowest BCUT2D eigenvalue weighted by Gasteiger charge is -2.23. The molecule has 1 aromatic heterocycles. The number of nitrogens with one attached hydrogen (secondary N) is 1. The number of alkyl halides is 3. The van der Waals surface area contributed by atoms with Crippen molar-refractivity contribution in [1.29, 1.82) is 0 Å². The summed E-state index contributed by atoms with van der Waals surface area (Å²) in [6.07, 6.45) is -3.37.